The molecule has 4 unspecified atom stereocenters. The number of carboxylic acid groups (broad SMARTS) is 2. The summed E-state index contributed by atoms with van der Waals surface area (Å²) in [6, 6.07) is 11.4. The number of benzene rings is 1. The van der Waals surface area contributed by atoms with Crippen LogP contribution < -0.4 is 5.46 Å². The van der Waals surface area contributed by atoms with Gasteiger partial charge in [-0.05, 0) is 97.5 Å². The minimum absolute atomic E-state index is 0. The maximum Gasteiger partial charge on any atom is 0.488 e. The second kappa shape index (κ2) is 13.4. The Morgan fingerprint density at radius 2 is 1.63 bits per heavy atom. The quantitative estimate of drug-likeness (QED) is 0.269. The molecule has 3 fully saturated rings. The molecule has 2 aromatic heterocycles. The summed E-state index contributed by atoms with van der Waals surface area (Å²) in [5, 5.41) is 45.6. The van der Waals surface area contributed by atoms with Crippen molar-refractivity contribution in [3.8, 4) is 0 Å². The third-order valence-electron chi connectivity index (χ3n) is 7.70. The molecule has 9 nitrogen and oxygen atoms in total. The summed E-state index contributed by atoms with van der Waals surface area (Å²) in [7, 11) is -1.58. The number of aromatic carboxylic acids is 2. The Morgan fingerprint density at radius 1 is 0.921 bits per heavy atom. The van der Waals surface area contributed by atoms with Crippen LogP contribution in [0, 0.1) is 17.8 Å². The molecule has 0 spiro atoms. The van der Waals surface area contributed by atoms with Gasteiger partial charge < -0.3 is 25.4 Å². The molecule has 2 heterocycles. The molecular weight excluding hydrogens is 541 g/mol. The fourth-order valence-electron chi connectivity index (χ4n) is 5.88. The van der Waals surface area contributed by atoms with Crippen LogP contribution >= 0.6 is 0 Å². The van der Waals surface area contributed by atoms with Gasteiger partial charge in [0.2, 0.25) is 0 Å². The van der Waals surface area contributed by atoms with Gasteiger partial charge in [-0.3, -0.25) is 0 Å². The van der Waals surface area contributed by atoms with E-state index < -0.39 is 19.1 Å². The Morgan fingerprint density at radius 3 is 2.26 bits per heavy atom. The number of rotatable bonds is 7. The molecule has 38 heavy (non-hydrogen) atoms. The molecule has 6 rings (SSSR count). The van der Waals surface area contributed by atoms with Crippen molar-refractivity contribution in [3.63, 3.8) is 0 Å². The molecule has 3 saturated carbocycles. The average Bonchev–Trinajstić information content (AvgIpc) is 2.91. The van der Waals surface area contributed by atoms with E-state index in [2.05, 4.69) is 9.97 Å². The van der Waals surface area contributed by atoms with Crippen molar-refractivity contribution in [1.82, 2.24) is 9.97 Å². The van der Waals surface area contributed by atoms with E-state index >= 15 is 0 Å². The van der Waals surface area contributed by atoms with Gasteiger partial charge in [0, 0.05) is 37.7 Å². The Hall–Kier alpha value is -2.71. The molecule has 3 aliphatic rings. The molecule has 4 atom stereocenters. The van der Waals surface area contributed by atoms with E-state index in [4.69, 9.17) is 25.4 Å². The SMILES string of the molecule is O=C(O)c1cc(C2CC3CCC2CC3CCCO)ccn1.O=C(O)c1ccc2ccc(B(O)O)cc2n1.[Zn]. The van der Waals surface area contributed by atoms with Crippen LogP contribution in [0.3, 0.4) is 0 Å². The van der Waals surface area contributed by atoms with Crippen LogP contribution in [-0.4, -0.2) is 61.0 Å². The van der Waals surface area contributed by atoms with Gasteiger partial charge in [0.1, 0.15) is 11.4 Å². The average molecular weight is 572 g/mol. The van der Waals surface area contributed by atoms with Crippen LogP contribution in [0.2, 0.25) is 0 Å². The van der Waals surface area contributed by atoms with Gasteiger partial charge in [-0.15, -0.1) is 0 Å². The van der Waals surface area contributed by atoms with Gasteiger partial charge in [-0.1, -0.05) is 18.2 Å². The van der Waals surface area contributed by atoms with Gasteiger partial charge in [0.15, 0.2) is 0 Å². The number of carbonyl (C=O) groups is 2. The minimum Gasteiger partial charge on any atom is -0.477 e. The van der Waals surface area contributed by atoms with Crippen molar-refractivity contribution >= 4 is 35.4 Å². The van der Waals surface area contributed by atoms with Gasteiger partial charge in [-0.25, -0.2) is 19.6 Å². The first-order valence-electron chi connectivity index (χ1n) is 12.6. The first-order valence-corrected chi connectivity index (χ1v) is 12.6. The van der Waals surface area contributed by atoms with Crippen molar-refractivity contribution in [3.05, 3.63) is 65.6 Å². The van der Waals surface area contributed by atoms with E-state index in [1.807, 2.05) is 6.07 Å². The molecular formula is C27H31BN2O7Zn. The smallest absolute Gasteiger partial charge is 0.477 e. The molecule has 0 aliphatic heterocycles. The number of pyridine rings is 2. The molecule has 2 bridgehead atoms. The Balaban J connectivity index is 0.000000213. The summed E-state index contributed by atoms with van der Waals surface area (Å²) in [4.78, 5) is 29.6. The van der Waals surface area contributed by atoms with Crippen LogP contribution in [0.15, 0.2) is 48.7 Å². The van der Waals surface area contributed by atoms with Crippen molar-refractivity contribution in [1.29, 1.82) is 0 Å². The van der Waals surface area contributed by atoms with E-state index in [-0.39, 0.29) is 36.3 Å². The summed E-state index contributed by atoms with van der Waals surface area (Å²) >= 11 is 0. The van der Waals surface area contributed by atoms with E-state index in [1.54, 1.807) is 30.5 Å². The number of aromatic nitrogens is 2. The summed E-state index contributed by atoms with van der Waals surface area (Å²) in [5.41, 5.74) is 1.94. The zero-order valence-corrected chi connectivity index (χ0v) is 24.1. The van der Waals surface area contributed by atoms with Gasteiger partial charge in [-0.2, -0.15) is 0 Å². The fraction of sp³-hybridized carbons (Fsp3) is 0.407. The Kier molecular flexibility index (Phi) is 10.5. The fourth-order valence-corrected chi connectivity index (χ4v) is 5.88. The zero-order valence-electron chi connectivity index (χ0n) is 21.1. The Bertz CT molecular complexity index is 1280. The summed E-state index contributed by atoms with van der Waals surface area (Å²) in [6.07, 6.45) is 8.65. The number of hydrogen-bond acceptors (Lipinski definition) is 7. The van der Waals surface area contributed by atoms with Crippen LogP contribution in [0.1, 0.15) is 71.0 Å². The topological polar surface area (TPSA) is 161 Å². The largest absolute Gasteiger partial charge is 0.488 e. The molecule has 0 amide bonds. The molecule has 3 aromatic rings. The Labute approximate surface area is 233 Å². The number of hydrogen-bond donors (Lipinski definition) is 5. The third kappa shape index (κ3) is 7.02. The standard InChI is InChI=1S/C17H23NO3.C10H8BNO4.Zn/c19-7-1-2-11-8-13-4-3-12(11)9-15(13)14-5-6-18-16(10-14)17(20)21;13-10(14)8-4-2-6-1-3-7(11(15)16)5-9(6)12-8;/h5-6,10-13,15,19H,1-4,7-9H2,(H,20,21);1-5,15-16H,(H,13,14);. The summed E-state index contributed by atoms with van der Waals surface area (Å²) < 4.78 is 0. The molecule has 11 heteroatoms. The second-order valence-electron chi connectivity index (χ2n) is 9.91. The molecule has 3 aliphatic carbocycles. The molecule has 1 aromatic carbocycles. The minimum atomic E-state index is -1.58. The number of carboxylic acids is 2. The second-order valence-corrected chi connectivity index (χ2v) is 9.91. The number of fused-ring (bicyclic) bond motifs is 4. The van der Waals surface area contributed by atoms with Crippen molar-refractivity contribution < 1.29 is 54.4 Å². The van der Waals surface area contributed by atoms with Crippen LogP contribution in [0.4, 0.5) is 0 Å². The normalized spacial score (nSPS) is 21.7. The number of aliphatic hydroxyl groups is 1. The summed E-state index contributed by atoms with van der Waals surface area (Å²) in [5.74, 6) is 0.606. The summed E-state index contributed by atoms with van der Waals surface area (Å²) in [6.45, 7) is 0.295. The van der Waals surface area contributed by atoms with E-state index in [0.717, 1.165) is 35.6 Å². The monoisotopic (exact) mass is 570 g/mol. The van der Waals surface area contributed by atoms with E-state index in [0.29, 0.717) is 24.0 Å². The first-order chi connectivity index (χ1) is 17.8. The molecule has 196 valence electrons. The van der Waals surface area contributed by atoms with Crippen LogP contribution in [0.5, 0.6) is 0 Å². The zero-order chi connectivity index (χ0) is 26.5. The predicted molar refractivity (Wildman–Crippen MR) is 138 cm³/mol. The van der Waals surface area contributed by atoms with E-state index in [1.165, 1.54) is 37.8 Å². The third-order valence-corrected chi connectivity index (χ3v) is 7.70. The van der Waals surface area contributed by atoms with Crippen molar-refractivity contribution in [2.75, 3.05) is 6.61 Å². The predicted octanol–water partition coefficient (Wildman–Crippen LogP) is 2.68. The maximum atomic E-state index is 11.1. The maximum absolute atomic E-state index is 11.1. The van der Waals surface area contributed by atoms with Gasteiger partial charge >= 0.3 is 19.1 Å². The van der Waals surface area contributed by atoms with Crippen molar-refractivity contribution in [2.45, 2.75) is 44.4 Å². The van der Waals surface area contributed by atoms with Gasteiger partial charge in [0.25, 0.3) is 0 Å². The van der Waals surface area contributed by atoms with Gasteiger partial charge in [0.05, 0.1) is 5.52 Å². The number of nitrogens with zero attached hydrogens (tertiary/aromatic N) is 2. The molecule has 0 radical (unpaired) electrons. The van der Waals surface area contributed by atoms with Crippen molar-refractivity contribution in [2.24, 2.45) is 17.8 Å². The first kappa shape index (κ1) is 29.8. The molecule has 0 saturated heterocycles. The van der Waals surface area contributed by atoms with Crippen LogP contribution in [-0.2, 0) is 19.5 Å². The van der Waals surface area contributed by atoms with E-state index in [9.17, 15) is 9.59 Å². The van der Waals surface area contributed by atoms with Crippen LogP contribution in [0.25, 0.3) is 10.9 Å². The molecule has 5 N–H and O–H groups in total. The number of aliphatic hydroxyl groups excluding tert-OH is 1.